The zero-order valence-corrected chi connectivity index (χ0v) is 54.7. The standard InChI is InChI=1S/4C18H36O2.Al.3H/c4*1-2-3-4-5-6-7-8-9-10-11-12-13-14-15-16-17-18(19)20;;;;/h4*2-17H2,1H3,(H,19,20);;;;. The van der Waals surface area contributed by atoms with Crippen LogP contribution in [0, 0.1) is 0 Å². The molecule has 0 aromatic heterocycles. The van der Waals surface area contributed by atoms with Crippen molar-refractivity contribution in [2.45, 2.75) is 439 Å². The number of hydrogen-bond acceptors (Lipinski definition) is 4. The molecule has 0 rings (SSSR count). The number of carboxylic acids is 4. The quantitative estimate of drug-likeness (QED) is 0.0347. The van der Waals surface area contributed by atoms with Crippen LogP contribution in [0.15, 0.2) is 0 Å². The van der Waals surface area contributed by atoms with E-state index in [1.807, 2.05) is 0 Å². The largest absolute Gasteiger partial charge is 0.481 e. The van der Waals surface area contributed by atoms with Crippen molar-refractivity contribution >= 4 is 41.2 Å². The number of unbranched alkanes of at least 4 members (excludes halogenated alkanes) is 56. The van der Waals surface area contributed by atoms with Crippen LogP contribution in [-0.2, 0) is 19.2 Å². The summed E-state index contributed by atoms with van der Waals surface area (Å²) in [6.07, 6.45) is 80.8. The fourth-order valence-electron chi connectivity index (χ4n) is 10.6. The van der Waals surface area contributed by atoms with Crippen molar-refractivity contribution in [3.8, 4) is 0 Å². The van der Waals surface area contributed by atoms with Crippen LogP contribution in [0.25, 0.3) is 0 Å². The number of rotatable bonds is 64. The van der Waals surface area contributed by atoms with E-state index in [9.17, 15) is 19.2 Å². The summed E-state index contributed by atoms with van der Waals surface area (Å²) in [5.41, 5.74) is 0. The molecule has 8 nitrogen and oxygen atoms in total. The highest BCUT2D eigenvalue weighted by molar-refractivity contribution is 5.75. The van der Waals surface area contributed by atoms with Crippen LogP contribution in [0.4, 0.5) is 0 Å². The Labute approximate surface area is 516 Å². The first-order chi connectivity index (χ1) is 39.1. The van der Waals surface area contributed by atoms with Gasteiger partial charge in [0.1, 0.15) is 0 Å². The SMILES string of the molecule is CCCCCCCCCCCCCCCCCC(=O)O.CCCCCCCCCCCCCCCCCC(=O)O.CCCCCCCCCCCCCCCCCC(=O)O.CCCCCCCCCCCCCCCCCC(=O)O.[AlH3]. The topological polar surface area (TPSA) is 149 Å². The summed E-state index contributed by atoms with van der Waals surface area (Å²) in [6, 6.07) is 0. The van der Waals surface area contributed by atoms with Gasteiger partial charge in [0.2, 0.25) is 0 Å². The molecule has 0 spiro atoms. The summed E-state index contributed by atoms with van der Waals surface area (Å²) >= 11 is 0. The zero-order valence-electron chi connectivity index (χ0n) is 54.7. The van der Waals surface area contributed by atoms with Crippen molar-refractivity contribution in [3.05, 3.63) is 0 Å². The Morgan fingerprint density at radius 2 is 0.235 bits per heavy atom. The average molecular weight is 1170 g/mol. The second-order valence-corrected chi connectivity index (χ2v) is 24.4. The molecule has 0 aliphatic heterocycles. The Morgan fingerprint density at radius 1 is 0.160 bits per heavy atom. The van der Waals surface area contributed by atoms with Gasteiger partial charge in [-0.25, -0.2) is 0 Å². The van der Waals surface area contributed by atoms with Gasteiger partial charge < -0.3 is 20.4 Å². The molecule has 0 atom stereocenters. The Kier molecular flexibility index (Phi) is 92.4. The van der Waals surface area contributed by atoms with Gasteiger partial charge in [-0.1, -0.05) is 387 Å². The Bertz CT molecular complexity index is 990. The molecular weight excluding hydrogens is 1020 g/mol. The molecule has 9 heteroatoms. The molecule has 0 fully saturated rings. The molecule has 4 N–H and O–H groups in total. The van der Waals surface area contributed by atoms with Crippen molar-refractivity contribution in [1.29, 1.82) is 0 Å². The van der Waals surface area contributed by atoms with E-state index < -0.39 is 23.9 Å². The highest BCUT2D eigenvalue weighted by atomic mass is 27.0. The van der Waals surface area contributed by atoms with Gasteiger partial charge in [0, 0.05) is 25.7 Å². The van der Waals surface area contributed by atoms with Crippen molar-refractivity contribution < 1.29 is 39.6 Å². The second kappa shape index (κ2) is 84.9. The van der Waals surface area contributed by atoms with Crippen molar-refractivity contribution in [2.75, 3.05) is 0 Å². The van der Waals surface area contributed by atoms with Crippen LogP contribution in [0.2, 0.25) is 0 Å². The van der Waals surface area contributed by atoms with E-state index in [4.69, 9.17) is 20.4 Å². The lowest BCUT2D eigenvalue weighted by Crippen LogP contribution is -1.93. The van der Waals surface area contributed by atoms with E-state index in [-0.39, 0.29) is 17.4 Å². The van der Waals surface area contributed by atoms with Crippen molar-refractivity contribution in [1.82, 2.24) is 0 Å². The maximum Gasteiger partial charge on any atom is 0.303 e. The van der Waals surface area contributed by atoms with Gasteiger partial charge in [0.15, 0.2) is 17.4 Å². The summed E-state index contributed by atoms with van der Waals surface area (Å²) in [7, 11) is 0. The summed E-state index contributed by atoms with van der Waals surface area (Å²) in [4.78, 5) is 41.3. The van der Waals surface area contributed by atoms with Crippen LogP contribution in [0.3, 0.4) is 0 Å². The normalized spacial score (nSPS) is 10.7. The van der Waals surface area contributed by atoms with Crippen molar-refractivity contribution in [2.24, 2.45) is 0 Å². The summed E-state index contributed by atoms with van der Waals surface area (Å²) < 4.78 is 0. The van der Waals surface area contributed by atoms with Gasteiger partial charge in [-0.2, -0.15) is 0 Å². The Balaban J connectivity index is -0.000000316. The molecule has 0 aromatic carbocycles. The summed E-state index contributed by atoms with van der Waals surface area (Å²) in [5, 5.41) is 34.1. The Hall–Kier alpha value is -1.59. The molecular formula is C72H147AlO8. The molecule has 0 amide bonds. The average Bonchev–Trinajstić information content (AvgIpc) is 3.43. The van der Waals surface area contributed by atoms with E-state index in [1.54, 1.807) is 0 Å². The fourth-order valence-corrected chi connectivity index (χ4v) is 10.6. The van der Waals surface area contributed by atoms with Gasteiger partial charge >= 0.3 is 23.9 Å². The first-order valence-corrected chi connectivity index (χ1v) is 36.0. The summed E-state index contributed by atoms with van der Waals surface area (Å²) in [5.74, 6) is -2.61. The van der Waals surface area contributed by atoms with Gasteiger partial charge in [-0.3, -0.25) is 19.2 Å². The molecule has 486 valence electrons. The lowest BCUT2D eigenvalue weighted by molar-refractivity contribution is -0.138. The molecule has 0 heterocycles. The monoisotopic (exact) mass is 1170 g/mol. The number of carboxylic acid groups (broad SMARTS) is 4. The minimum Gasteiger partial charge on any atom is -0.481 e. The number of hydrogen-bond donors (Lipinski definition) is 4. The highest BCUT2D eigenvalue weighted by Crippen LogP contribution is 2.18. The van der Waals surface area contributed by atoms with Gasteiger partial charge in [-0.15, -0.1) is 0 Å². The third kappa shape index (κ3) is 104. The maximum absolute atomic E-state index is 10.3. The van der Waals surface area contributed by atoms with Gasteiger partial charge in [0.05, 0.1) is 0 Å². The van der Waals surface area contributed by atoms with Crippen LogP contribution >= 0.6 is 0 Å². The predicted octanol–water partition coefficient (Wildman–Crippen LogP) is 24.1. The molecule has 0 aromatic rings. The van der Waals surface area contributed by atoms with E-state index in [1.165, 1.54) is 334 Å². The van der Waals surface area contributed by atoms with Gasteiger partial charge in [-0.05, 0) is 25.7 Å². The third-order valence-electron chi connectivity index (χ3n) is 16.0. The lowest BCUT2D eigenvalue weighted by Gasteiger charge is -2.03. The molecule has 0 aliphatic rings. The van der Waals surface area contributed by atoms with Crippen LogP contribution in [0.1, 0.15) is 439 Å². The molecule has 0 saturated heterocycles. The smallest absolute Gasteiger partial charge is 0.303 e. The predicted molar refractivity (Wildman–Crippen MR) is 359 cm³/mol. The second-order valence-electron chi connectivity index (χ2n) is 24.4. The number of carbonyl (C=O) groups is 4. The van der Waals surface area contributed by atoms with E-state index in [0.29, 0.717) is 25.7 Å². The first-order valence-electron chi connectivity index (χ1n) is 36.0. The molecule has 0 radical (unpaired) electrons. The fraction of sp³-hybridized carbons (Fsp3) is 0.944. The third-order valence-corrected chi connectivity index (χ3v) is 16.0. The van der Waals surface area contributed by atoms with E-state index in [2.05, 4.69) is 27.7 Å². The van der Waals surface area contributed by atoms with Gasteiger partial charge in [0.25, 0.3) is 0 Å². The zero-order chi connectivity index (χ0) is 59.6. The first kappa shape index (κ1) is 88.2. The van der Waals surface area contributed by atoms with Crippen molar-refractivity contribution in [3.63, 3.8) is 0 Å². The maximum atomic E-state index is 10.3. The molecule has 0 aliphatic carbocycles. The minimum atomic E-state index is -0.653. The van der Waals surface area contributed by atoms with E-state index in [0.717, 1.165) is 51.4 Å². The van der Waals surface area contributed by atoms with Crippen LogP contribution in [-0.4, -0.2) is 61.7 Å². The molecule has 81 heavy (non-hydrogen) atoms. The summed E-state index contributed by atoms with van der Waals surface area (Å²) in [6.45, 7) is 9.08. The molecule has 0 unspecified atom stereocenters. The van der Waals surface area contributed by atoms with Crippen LogP contribution in [0.5, 0.6) is 0 Å². The lowest BCUT2D eigenvalue weighted by atomic mass is 10.0. The van der Waals surface area contributed by atoms with Crippen LogP contribution < -0.4 is 0 Å². The molecule has 0 saturated carbocycles. The highest BCUT2D eigenvalue weighted by Gasteiger charge is 2.02. The van der Waals surface area contributed by atoms with E-state index >= 15 is 0 Å². The number of aliphatic carboxylic acids is 4. The Morgan fingerprint density at radius 3 is 0.309 bits per heavy atom. The molecule has 0 bridgehead atoms. The minimum absolute atomic E-state index is 0.